The molecule has 2 nitrogen and oxygen atoms in total. The summed E-state index contributed by atoms with van der Waals surface area (Å²) < 4.78 is 39.0. The monoisotopic (exact) mass is 328 g/mol. The van der Waals surface area contributed by atoms with Crippen molar-refractivity contribution < 1.29 is 23.1 Å². The quantitative estimate of drug-likeness (QED) is 0.813. The van der Waals surface area contributed by atoms with E-state index in [-0.39, 0.29) is 5.56 Å². The molecule has 2 rings (SSSR count). The van der Waals surface area contributed by atoms with E-state index in [4.69, 9.17) is 16.7 Å². The molecular formula is C16H12ClF3O2. The maximum Gasteiger partial charge on any atom is 0.417 e. The molecule has 0 heterocycles. The average molecular weight is 329 g/mol. The van der Waals surface area contributed by atoms with Gasteiger partial charge in [0, 0.05) is 0 Å². The minimum Gasteiger partial charge on any atom is -0.480 e. The number of benzene rings is 2. The van der Waals surface area contributed by atoms with Gasteiger partial charge < -0.3 is 5.11 Å². The first-order valence-electron chi connectivity index (χ1n) is 6.33. The molecule has 0 fully saturated rings. The lowest BCUT2D eigenvalue weighted by Crippen LogP contribution is -2.25. The van der Waals surface area contributed by atoms with Crippen LogP contribution in [0.5, 0.6) is 0 Å². The van der Waals surface area contributed by atoms with E-state index in [0.717, 1.165) is 6.07 Å². The van der Waals surface area contributed by atoms with E-state index in [2.05, 4.69) is 0 Å². The van der Waals surface area contributed by atoms with Crippen LogP contribution in [0.3, 0.4) is 0 Å². The van der Waals surface area contributed by atoms with Crippen LogP contribution >= 0.6 is 11.6 Å². The predicted molar refractivity (Wildman–Crippen MR) is 77.7 cm³/mol. The molecule has 0 radical (unpaired) electrons. The fraction of sp³-hybridized carbons (Fsp3) is 0.188. The Kier molecular flexibility index (Phi) is 4.20. The normalized spacial score (nSPS) is 14.4. The lowest BCUT2D eigenvalue weighted by molar-refractivity contribution is -0.140. The van der Waals surface area contributed by atoms with Crippen molar-refractivity contribution in [2.75, 3.05) is 0 Å². The van der Waals surface area contributed by atoms with Gasteiger partial charge in [0.15, 0.2) is 4.87 Å². The second kappa shape index (κ2) is 5.65. The zero-order chi connectivity index (χ0) is 16.5. The Morgan fingerprint density at radius 1 is 1.05 bits per heavy atom. The zero-order valence-electron chi connectivity index (χ0n) is 11.5. The van der Waals surface area contributed by atoms with Gasteiger partial charge in [0.1, 0.15) is 0 Å². The molecule has 6 heteroatoms. The van der Waals surface area contributed by atoms with Gasteiger partial charge in [-0.1, -0.05) is 42.5 Å². The van der Waals surface area contributed by atoms with Gasteiger partial charge in [-0.2, -0.15) is 13.2 Å². The number of carboxylic acids is 1. The number of aliphatic carboxylic acids is 1. The van der Waals surface area contributed by atoms with E-state index in [1.54, 1.807) is 0 Å². The molecule has 22 heavy (non-hydrogen) atoms. The number of rotatable bonds is 3. The molecule has 0 aromatic heterocycles. The minimum absolute atomic E-state index is 0.0353. The smallest absolute Gasteiger partial charge is 0.417 e. The SMILES string of the molecule is CC(Cl)(C(=O)O)c1ccc(-c2ccccc2C(F)(F)F)cc1. The van der Waals surface area contributed by atoms with Crippen molar-refractivity contribution in [3.8, 4) is 11.1 Å². The third-order valence-corrected chi connectivity index (χ3v) is 3.75. The highest BCUT2D eigenvalue weighted by Crippen LogP contribution is 2.38. The van der Waals surface area contributed by atoms with Crippen molar-refractivity contribution in [1.82, 2.24) is 0 Å². The van der Waals surface area contributed by atoms with Crippen LogP contribution in [0.4, 0.5) is 13.2 Å². The second-order valence-corrected chi connectivity index (χ2v) is 5.68. The number of carbonyl (C=O) groups is 1. The van der Waals surface area contributed by atoms with Crippen LogP contribution < -0.4 is 0 Å². The summed E-state index contributed by atoms with van der Waals surface area (Å²) in [5.74, 6) is -1.22. The van der Waals surface area contributed by atoms with E-state index in [1.165, 1.54) is 49.4 Å². The number of halogens is 4. The molecule has 0 aliphatic carbocycles. The van der Waals surface area contributed by atoms with Crippen LogP contribution in [0.2, 0.25) is 0 Å². The Labute approximate surface area is 130 Å². The lowest BCUT2D eigenvalue weighted by atomic mass is 9.95. The average Bonchev–Trinajstić information content (AvgIpc) is 2.46. The van der Waals surface area contributed by atoms with Crippen molar-refractivity contribution in [3.05, 3.63) is 59.7 Å². The van der Waals surface area contributed by atoms with Gasteiger partial charge >= 0.3 is 12.1 Å². The Morgan fingerprint density at radius 2 is 1.59 bits per heavy atom. The first kappa shape index (κ1) is 16.4. The minimum atomic E-state index is -4.46. The number of hydrogen-bond acceptors (Lipinski definition) is 1. The first-order valence-corrected chi connectivity index (χ1v) is 6.71. The molecule has 1 N–H and O–H groups in total. The standard InChI is InChI=1S/C16H12ClF3O2/c1-15(17,14(21)22)11-8-6-10(7-9-11)12-4-2-3-5-13(12)16(18,19)20/h2-9H,1H3,(H,21,22). The third kappa shape index (κ3) is 3.09. The van der Waals surface area contributed by atoms with Gasteiger partial charge in [-0.05, 0) is 29.7 Å². The summed E-state index contributed by atoms with van der Waals surface area (Å²) in [4.78, 5) is 9.46. The van der Waals surface area contributed by atoms with E-state index in [0.29, 0.717) is 11.1 Å². The zero-order valence-corrected chi connectivity index (χ0v) is 12.2. The fourth-order valence-electron chi connectivity index (χ4n) is 2.07. The van der Waals surface area contributed by atoms with Crippen LogP contribution in [0, 0.1) is 0 Å². The lowest BCUT2D eigenvalue weighted by Gasteiger charge is -2.18. The molecule has 116 valence electrons. The van der Waals surface area contributed by atoms with Crippen LogP contribution in [0.25, 0.3) is 11.1 Å². The molecule has 2 aromatic rings. The van der Waals surface area contributed by atoms with Gasteiger partial charge in [-0.15, -0.1) is 11.6 Å². The maximum absolute atomic E-state index is 13.0. The van der Waals surface area contributed by atoms with Crippen molar-refractivity contribution in [1.29, 1.82) is 0 Å². The third-order valence-electron chi connectivity index (χ3n) is 3.37. The van der Waals surface area contributed by atoms with Crippen molar-refractivity contribution in [2.24, 2.45) is 0 Å². The number of carboxylic acid groups (broad SMARTS) is 1. The van der Waals surface area contributed by atoms with E-state index in [1.807, 2.05) is 0 Å². The molecule has 2 aromatic carbocycles. The summed E-state index contributed by atoms with van der Waals surface area (Å²) in [6, 6.07) is 10.9. The fourth-order valence-corrected chi connectivity index (χ4v) is 2.19. The second-order valence-electron chi connectivity index (χ2n) is 4.93. The predicted octanol–water partition coefficient (Wildman–Crippen LogP) is 4.91. The van der Waals surface area contributed by atoms with E-state index < -0.39 is 22.6 Å². The molecule has 0 amide bonds. The van der Waals surface area contributed by atoms with Crippen molar-refractivity contribution >= 4 is 17.6 Å². The van der Waals surface area contributed by atoms with E-state index >= 15 is 0 Å². The van der Waals surface area contributed by atoms with Crippen molar-refractivity contribution in [3.63, 3.8) is 0 Å². The Balaban J connectivity index is 2.47. The topological polar surface area (TPSA) is 37.3 Å². The summed E-state index contributed by atoms with van der Waals surface area (Å²) >= 11 is 5.92. The van der Waals surface area contributed by atoms with Gasteiger partial charge in [0.25, 0.3) is 0 Å². The molecule has 1 atom stereocenters. The van der Waals surface area contributed by atoms with Crippen LogP contribution in [-0.4, -0.2) is 11.1 Å². The summed E-state index contributed by atoms with van der Waals surface area (Å²) in [6.45, 7) is 1.32. The Morgan fingerprint density at radius 3 is 2.09 bits per heavy atom. The molecule has 1 unspecified atom stereocenters. The molecule has 0 aliphatic rings. The Hall–Kier alpha value is -2.01. The molecular weight excluding hydrogens is 317 g/mol. The summed E-state index contributed by atoms with van der Waals surface area (Å²) in [7, 11) is 0. The highest BCUT2D eigenvalue weighted by molar-refractivity contribution is 6.33. The number of hydrogen-bond donors (Lipinski definition) is 1. The largest absolute Gasteiger partial charge is 0.480 e. The highest BCUT2D eigenvalue weighted by Gasteiger charge is 2.34. The number of alkyl halides is 4. The van der Waals surface area contributed by atoms with Gasteiger partial charge in [-0.25, -0.2) is 4.79 Å². The van der Waals surface area contributed by atoms with Crippen molar-refractivity contribution in [2.45, 2.75) is 18.0 Å². The summed E-state index contributed by atoms with van der Waals surface area (Å²) in [5.41, 5.74) is -0.0628. The maximum atomic E-state index is 13.0. The van der Waals surface area contributed by atoms with Crippen LogP contribution in [-0.2, 0) is 15.8 Å². The van der Waals surface area contributed by atoms with E-state index in [9.17, 15) is 18.0 Å². The van der Waals surface area contributed by atoms with Crippen LogP contribution in [0.1, 0.15) is 18.1 Å². The van der Waals surface area contributed by atoms with Crippen LogP contribution in [0.15, 0.2) is 48.5 Å². The Bertz CT molecular complexity index is 691. The molecule has 0 saturated heterocycles. The summed E-state index contributed by atoms with van der Waals surface area (Å²) in [6.07, 6.45) is -4.46. The molecule has 0 aliphatic heterocycles. The highest BCUT2D eigenvalue weighted by atomic mass is 35.5. The van der Waals surface area contributed by atoms with Gasteiger partial charge in [0.05, 0.1) is 5.56 Å². The molecule has 0 saturated carbocycles. The van der Waals surface area contributed by atoms with Gasteiger partial charge in [0.2, 0.25) is 0 Å². The first-order chi connectivity index (χ1) is 10.1. The van der Waals surface area contributed by atoms with Gasteiger partial charge in [-0.3, -0.25) is 0 Å². The summed E-state index contributed by atoms with van der Waals surface area (Å²) in [5, 5.41) is 9.05. The molecule has 0 bridgehead atoms. The molecule has 0 spiro atoms.